The number of hydrogen-bond donors (Lipinski definition) is 2. The van der Waals surface area contributed by atoms with Gasteiger partial charge in [-0.15, -0.1) is 6.42 Å². The van der Waals surface area contributed by atoms with Gasteiger partial charge in [-0.25, -0.2) is 9.80 Å². The van der Waals surface area contributed by atoms with E-state index in [1.807, 2.05) is 30.3 Å². The van der Waals surface area contributed by atoms with Crippen molar-refractivity contribution in [3.05, 3.63) is 65.7 Å². The fraction of sp³-hybridized carbons (Fsp3) is 0.414. The van der Waals surface area contributed by atoms with Gasteiger partial charge in [-0.1, -0.05) is 62.2 Å². The second kappa shape index (κ2) is 12.0. The highest BCUT2D eigenvalue weighted by Crippen LogP contribution is 2.29. The maximum Gasteiger partial charge on any atom is 0.334 e. The van der Waals surface area contributed by atoms with Crippen LogP contribution in [-0.4, -0.2) is 81.2 Å². The number of phenolic OH excluding ortho intramolecular Hbond substituents is 1. The molecule has 4 rings (SSSR count). The number of nitrogens with zero attached hydrogens (tertiary/aromatic N) is 4. The van der Waals surface area contributed by atoms with Crippen LogP contribution in [0.25, 0.3) is 0 Å². The van der Waals surface area contributed by atoms with E-state index in [2.05, 4.69) is 25.1 Å². The molecule has 9 nitrogen and oxygen atoms in total. The number of nitrogens with one attached hydrogen (secondary N) is 1. The molecule has 2 saturated heterocycles. The third kappa shape index (κ3) is 6.09. The van der Waals surface area contributed by atoms with Crippen molar-refractivity contribution in [2.45, 2.75) is 45.4 Å². The van der Waals surface area contributed by atoms with Gasteiger partial charge in [0.2, 0.25) is 11.8 Å². The van der Waals surface area contributed by atoms with Gasteiger partial charge in [-0.3, -0.25) is 9.59 Å². The van der Waals surface area contributed by atoms with Crippen LogP contribution in [0.5, 0.6) is 5.75 Å². The van der Waals surface area contributed by atoms with Gasteiger partial charge in [0.1, 0.15) is 18.0 Å². The lowest BCUT2D eigenvalue weighted by atomic mass is 9.98. The number of amides is 4. The van der Waals surface area contributed by atoms with E-state index < -0.39 is 12.2 Å². The summed E-state index contributed by atoms with van der Waals surface area (Å²) in [6.07, 6.45) is 5.98. The SMILES string of the molecule is C#CCN1CC(=O)N2[C@@H](Cc3ccc(O)cc3)C(=O)N(CCC(C)C)C[C@@H]2N1C(=O)NCc1ccccc1. The molecular weight excluding hydrogens is 482 g/mol. The van der Waals surface area contributed by atoms with Crippen LogP contribution in [0.1, 0.15) is 31.4 Å². The molecule has 0 saturated carbocycles. The average Bonchev–Trinajstić information content (AvgIpc) is 2.90. The van der Waals surface area contributed by atoms with Crippen molar-refractivity contribution in [3.8, 4) is 18.1 Å². The van der Waals surface area contributed by atoms with E-state index in [1.165, 1.54) is 5.01 Å². The zero-order valence-electron chi connectivity index (χ0n) is 21.9. The minimum Gasteiger partial charge on any atom is -0.508 e. The lowest BCUT2D eigenvalue weighted by molar-refractivity contribution is -0.188. The number of aromatic hydroxyl groups is 1. The molecular formula is C29H35N5O4. The number of hydrazine groups is 1. The molecule has 2 aromatic carbocycles. The minimum absolute atomic E-state index is 0.0808. The monoisotopic (exact) mass is 517 g/mol. The fourth-order valence-corrected chi connectivity index (χ4v) is 4.96. The van der Waals surface area contributed by atoms with Gasteiger partial charge in [-0.2, -0.15) is 5.01 Å². The maximum atomic E-state index is 13.7. The molecule has 0 unspecified atom stereocenters. The quantitative estimate of drug-likeness (QED) is 0.525. The molecule has 2 aromatic rings. The highest BCUT2D eigenvalue weighted by molar-refractivity contribution is 5.91. The molecule has 38 heavy (non-hydrogen) atoms. The van der Waals surface area contributed by atoms with Gasteiger partial charge in [0, 0.05) is 19.5 Å². The average molecular weight is 518 g/mol. The summed E-state index contributed by atoms with van der Waals surface area (Å²) < 4.78 is 0. The maximum absolute atomic E-state index is 13.7. The number of carbonyl (C=O) groups is 3. The first kappa shape index (κ1) is 27.0. The van der Waals surface area contributed by atoms with Crippen molar-refractivity contribution in [2.75, 3.05) is 26.2 Å². The van der Waals surface area contributed by atoms with Crippen LogP contribution in [0.4, 0.5) is 4.79 Å². The Bertz CT molecular complexity index is 1180. The molecule has 9 heteroatoms. The van der Waals surface area contributed by atoms with Crippen molar-refractivity contribution in [1.29, 1.82) is 0 Å². The molecule has 200 valence electrons. The normalized spacial score (nSPS) is 19.9. The molecule has 2 N–H and O–H groups in total. The molecule has 2 fully saturated rings. The van der Waals surface area contributed by atoms with Crippen molar-refractivity contribution in [2.24, 2.45) is 5.92 Å². The summed E-state index contributed by atoms with van der Waals surface area (Å²) in [7, 11) is 0. The Morgan fingerprint density at radius 2 is 1.82 bits per heavy atom. The summed E-state index contributed by atoms with van der Waals surface area (Å²) in [6.45, 7) is 5.20. The van der Waals surface area contributed by atoms with Crippen molar-refractivity contribution >= 4 is 17.8 Å². The number of benzene rings is 2. The van der Waals surface area contributed by atoms with E-state index in [4.69, 9.17) is 6.42 Å². The fourth-order valence-electron chi connectivity index (χ4n) is 4.96. The summed E-state index contributed by atoms with van der Waals surface area (Å²) in [5.41, 5.74) is 1.75. The summed E-state index contributed by atoms with van der Waals surface area (Å²) in [4.78, 5) is 44.1. The second-order valence-corrected chi connectivity index (χ2v) is 10.2. The first-order valence-corrected chi connectivity index (χ1v) is 13.0. The number of fused-ring (bicyclic) bond motifs is 1. The third-order valence-corrected chi connectivity index (χ3v) is 6.94. The third-order valence-electron chi connectivity index (χ3n) is 6.94. The molecule has 2 aliphatic heterocycles. The predicted molar refractivity (Wildman–Crippen MR) is 143 cm³/mol. The van der Waals surface area contributed by atoms with E-state index in [-0.39, 0.29) is 49.7 Å². The van der Waals surface area contributed by atoms with Crippen molar-refractivity contribution < 1.29 is 19.5 Å². The number of carbonyl (C=O) groups excluding carboxylic acids is 3. The van der Waals surface area contributed by atoms with Crippen LogP contribution in [0.15, 0.2) is 54.6 Å². The molecule has 2 atom stereocenters. The van der Waals surface area contributed by atoms with Crippen LogP contribution in [0, 0.1) is 18.3 Å². The zero-order chi connectivity index (χ0) is 27.2. The second-order valence-electron chi connectivity index (χ2n) is 10.2. The van der Waals surface area contributed by atoms with Crippen molar-refractivity contribution in [3.63, 3.8) is 0 Å². The highest BCUT2D eigenvalue weighted by Gasteiger charge is 2.51. The molecule has 0 radical (unpaired) electrons. The summed E-state index contributed by atoms with van der Waals surface area (Å²) >= 11 is 0. The van der Waals surface area contributed by atoms with Crippen molar-refractivity contribution in [1.82, 2.24) is 25.1 Å². The zero-order valence-corrected chi connectivity index (χ0v) is 21.9. The number of rotatable bonds is 8. The standard InChI is InChI=1S/C29H35N5O4/c1-4-15-32-20-27(36)33-25(17-22-10-12-24(35)13-11-22)28(37)31(16-14-21(2)3)19-26(33)34(32)29(38)30-18-23-8-6-5-7-9-23/h1,5-13,21,25-26,35H,14-20H2,2-3H3,(H,30,38)/t25-,26-/m0/s1. The number of hydrogen-bond acceptors (Lipinski definition) is 5. The van der Waals surface area contributed by atoms with Gasteiger partial charge in [-0.05, 0) is 35.6 Å². The summed E-state index contributed by atoms with van der Waals surface area (Å²) in [5, 5.41) is 15.8. The van der Waals surface area contributed by atoms with E-state index >= 15 is 0 Å². The Hall–Kier alpha value is -4.03. The summed E-state index contributed by atoms with van der Waals surface area (Å²) in [5.74, 6) is 2.67. The Balaban J connectivity index is 1.66. The van der Waals surface area contributed by atoms with E-state index in [9.17, 15) is 19.5 Å². The first-order chi connectivity index (χ1) is 18.3. The molecule has 0 aliphatic carbocycles. The van der Waals surface area contributed by atoms with E-state index in [1.54, 1.807) is 39.1 Å². The van der Waals surface area contributed by atoms with E-state index in [0.717, 1.165) is 17.5 Å². The van der Waals surface area contributed by atoms with Gasteiger partial charge >= 0.3 is 6.03 Å². The van der Waals surface area contributed by atoms with Gasteiger partial charge in [0.25, 0.3) is 0 Å². The largest absolute Gasteiger partial charge is 0.508 e. The van der Waals surface area contributed by atoms with Crippen LogP contribution >= 0.6 is 0 Å². The number of piperazine rings is 1. The Morgan fingerprint density at radius 3 is 2.47 bits per heavy atom. The van der Waals surface area contributed by atoms with Gasteiger partial charge in [0.15, 0.2) is 0 Å². The Labute approximate surface area is 224 Å². The first-order valence-electron chi connectivity index (χ1n) is 13.0. The predicted octanol–water partition coefficient (Wildman–Crippen LogP) is 2.42. The lowest BCUT2D eigenvalue weighted by Crippen LogP contribution is -2.76. The molecule has 0 bridgehead atoms. The number of phenols is 1. The molecule has 2 heterocycles. The topological polar surface area (TPSA) is 96.4 Å². The van der Waals surface area contributed by atoms with E-state index in [0.29, 0.717) is 19.0 Å². The van der Waals surface area contributed by atoms with Gasteiger partial charge < -0.3 is 20.2 Å². The minimum atomic E-state index is -0.782. The lowest BCUT2D eigenvalue weighted by Gasteiger charge is -2.55. The smallest absolute Gasteiger partial charge is 0.334 e. The summed E-state index contributed by atoms with van der Waals surface area (Å²) in [6, 6.07) is 15.0. The van der Waals surface area contributed by atoms with Crippen LogP contribution in [0.3, 0.4) is 0 Å². The number of urea groups is 1. The molecule has 0 spiro atoms. The number of terminal acetylenes is 1. The Kier molecular flexibility index (Phi) is 8.54. The van der Waals surface area contributed by atoms with Crippen LogP contribution in [0.2, 0.25) is 0 Å². The van der Waals surface area contributed by atoms with Crippen LogP contribution in [-0.2, 0) is 22.6 Å². The highest BCUT2D eigenvalue weighted by atomic mass is 16.3. The molecule has 2 aliphatic rings. The molecule has 0 aromatic heterocycles. The van der Waals surface area contributed by atoms with Crippen LogP contribution < -0.4 is 5.32 Å². The van der Waals surface area contributed by atoms with Gasteiger partial charge in [0.05, 0.1) is 19.6 Å². The molecule has 4 amide bonds. The Morgan fingerprint density at radius 1 is 1.11 bits per heavy atom.